The lowest BCUT2D eigenvalue weighted by molar-refractivity contribution is 0.0784. The minimum Gasteiger partial charge on any atom is -0.508 e. The fourth-order valence-electron chi connectivity index (χ4n) is 2.63. The first-order valence-corrected chi connectivity index (χ1v) is 9.24. The number of carbonyl (C=O) groups excluding carboxylic acids is 1. The molecule has 2 aromatic carbocycles. The second-order valence-electron chi connectivity index (χ2n) is 6.10. The molecular weight excluding hydrogens is 346 g/mol. The fourth-order valence-corrected chi connectivity index (χ4v) is 3.50. The van der Waals surface area contributed by atoms with Crippen LogP contribution in [0.3, 0.4) is 0 Å². The number of phenols is 1. The molecule has 1 amide bonds. The van der Waals surface area contributed by atoms with E-state index in [1.54, 1.807) is 42.0 Å². The Labute approximate surface area is 157 Å². The molecule has 1 heterocycles. The first-order valence-electron chi connectivity index (χ1n) is 8.26. The van der Waals surface area contributed by atoms with Crippen LogP contribution in [0, 0.1) is 0 Å². The third-order valence-electron chi connectivity index (χ3n) is 4.06. The van der Waals surface area contributed by atoms with Crippen LogP contribution in [0.2, 0.25) is 0 Å². The van der Waals surface area contributed by atoms with Gasteiger partial charge < -0.3 is 14.6 Å². The summed E-state index contributed by atoms with van der Waals surface area (Å²) in [5.74, 6) is 0.874. The Morgan fingerprint density at radius 3 is 2.77 bits per heavy atom. The van der Waals surface area contributed by atoms with Crippen LogP contribution in [0.4, 0.5) is 0 Å². The van der Waals surface area contributed by atoms with Crippen LogP contribution in [0.5, 0.6) is 5.75 Å². The third-order valence-corrected chi connectivity index (χ3v) is 5.19. The Morgan fingerprint density at radius 2 is 2.04 bits per heavy atom. The van der Waals surface area contributed by atoms with E-state index in [1.807, 2.05) is 54.2 Å². The van der Waals surface area contributed by atoms with Crippen molar-refractivity contribution in [1.82, 2.24) is 14.5 Å². The van der Waals surface area contributed by atoms with Gasteiger partial charge in [-0.05, 0) is 23.8 Å². The number of benzene rings is 2. The van der Waals surface area contributed by atoms with Gasteiger partial charge in [0.2, 0.25) is 0 Å². The molecule has 0 radical (unpaired) electrons. The predicted octanol–water partition coefficient (Wildman–Crippen LogP) is 3.69. The highest BCUT2D eigenvalue weighted by Crippen LogP contribution is 2.22. The van der Waals surface area contributed by atoms with E-state index in [9.17, 15) is 9.90 Å². The summed E-state index contributed by atoms with van der Waals surface area (Å²) in [6.07, 6.45) is 3.69. The standard InChI is InChI=1S/C20H21N3O2S/c1-22-11-10-21-20(22)26-14-15-6-5-8-16(12-15)19(25)23(2)13-17-7-3-4-9-18(17)24/h3-12,24H,13-14H2,1-2H3. The number of phenolic OH excluding ortho intramolecular Hbond substituents is 1. The second-order valence-corrected chi connectivity index (χ2v) is 7.04. The summed E-state index contributed by atoms with van der Waals surface area (Å²) < 4.78 is 1.97. The van der Waals surface area contributed by atoms with E-state index in [-0.39, 0.29) is 11.7 Å². The predicted molar refractivity (Wildman–Crippen MR) is 103 cm³/mol. The van der Waals surface area contributed by atoms with Crippen LogP contribution in [0.15, 0.2) is 66.1 Å². The summed E-state index contributed by atoms with van der Waals surface area (Å²) in [4.78, 5) is 18.6. The molecule has 0 aliphatic rings. The van der Waals surface area contributed by atoms with Crippen molar-refractivity contribution in [2.24, 2.45) is 7.05 Å². The van der Waals surface area contributed by atoms with Crippen LogP contribution >= 0.6 is 11.8 Å². The maximum Gasteiger partial charge on any atom is 0.253 e. The molecule has 0 saturated carbocycles. The SMILES string of the molecule is CN(Cc1ccccc1O)C(=O)c1cccc(CSc2nccn2C)c1. The van der Waals surface area contributed by atoms with Gasteiger partial charge in [-0.2, -0.15) is 0 Å². The highest BCUT2D eigenvalue weighted by atomic mass is 32.2. The Kier molecular flexibility index (Phi) is 5.63. The minimum atomic E-state index is -0.0721. The van der Waals surface area contributed by atoms with Crippen molar-refractivity contribution < 1.29 is 9.90 Å². The van der Waals surface area contributed by atoms with E-state index in [1.165, 1.54) is 0 Å². The van der Waals surface area contributed by atoms with Gasteiger partial charge in [-0.25, -0.2) is 4.98 Å². The van der Waals surface area contributed by atoms with Crippen molar-refractivity contribution in [3.05, 3.63) is 77.6 Å². The van der Waals surface area contributed by atoms with Gasteiger partial charge in [0.25, 0.3) is 5.91 Å². The number of nitrogens with zero attached hydrogens (tertiary/aromatic N) is 3. The lowest BCUT2D eigenvalue weighted by Gasteiger charge is -2.18. The molecule has 6 heteroatoms. The number of carbonyl (C=O) groups is 1. The number of rotatable bonds is 6. The molecule has 0 bridgehead atoms. The third kappa shape index (κ3) is 4.26. The summed E-state index contributed by atoms with van der Waals surface area (Å²) >= 11 is 1.63. The van der Waals surface area contributed by atoms with Crippen LogP contribution in [-0.2, 0) is 19.3 Å². The molecule has 0 unspecified atom stereocenters. The van der Waals surface area contributed by atoms with Gasteiger partial charge in [-0.1, -0.05) is 42.1 Å². The number of aromatic nitrogens is 2. The molecule has 0 spiro atoms. The Bertz CT molecular complexity index is 907. The molecule has 0 fully saturated rings. The monoisotopic (exact) mass is 367 g/mol. The maximum absolute atomic E-state index is 12.7. The zero-order valence-electron chi connectivity index (χ0n) is 14.8. The molecule has 134 valence electrons. The van der Waals surface area contributed by atoms with E-state index in [2.05, 4.69) is 4.98 Å². The molecule has 0 saturated heterocycles. The van der Waals surface area contributed by atoms with E-state index < -0.39 is 0 Å². The quantitative estimate of drug-likeness (QED) is 0.675. The summed E-state index contributed by atoms with van der Waals surface area (Å²) in [5.41, 5.74) is 2.44. The number of thioether (sulfide) groups is 1. The molecule has 5 nitrogen and oxygen atoms in total. The lowest BCUT2D eigenvalue weighted by atomic mass is 10.1. The number of hydrogen-bond acceptors (Lipinski definition) is 4. The topological polar surface area (TPSA) is 58.4 Å². The van der Waals surface area contributed by atoms with Crippen LogP contribution in [-0.4, -0.2) is 32.5 Å². The molecule has 3 aromatic rings. The van der Waals surface area contributed by atoms with E-state index >= 15 is 0 Å². The molecule has 1 aromatic heterocycles. The number of aromatic hydroxyl groups is 1. The molecule has 0 aliphatic carbocycles. The summed E-state index contributed by atoms with van der Waals surface area (Å²) in [6.45, 7) is 0.359. The Morgan fingerprint density at radius 1 is 1.23 bits per heavy atom. The lowest BCUT2D eigenvalue weighted by Crippen LogP contribution is -2.26. The van der Waals surface area contributed by atoms with Crippen molar-refractivity contribution in [3.8, 4) is 5.75 Å². The molecule has 0 atom stereocenters. The van der Waals surface area contributed by atoms with Gasteiger partial charge in [-0.3, -0.25) is 4.79 Å². The molecule has 1 N–H and O–H groups in total. The minimum absolute atomic E-state index is 0.0721. The second kappa shape index (κ2) is 8.10. The number of amides is 1. The Balaban J connectivity index is 1.67. The molecule has 3 rings (SSSR count). The van der Waals surface area contributed by atoms with E-state index in [0.29, 0.717) is 12.1 Å². The number of imidazole rings is 1. The van der Waals surface area contributed by atoms with E-state index in [4.69, 9.17) is 0 Å². The van der Waals surface area contributed by atoms with Crippen molar-refractivity contribution in [1.29, 1.82) is 0 Å². The molecular formula is C20H21N3O2S. The van der Waals surface area contributed by atoms with Gasteiger partial charge in [0, 0.05) is 49.9 Å². The summed E-state index contributed by atoms with van der Waals surface area (Å²) in [6, 6.07) is 14.7. The average Bonchev–Trinajstić information content (AvgIpc) is 3.06. The molecule has 0 aliphatic heterocycles. The van der Waals surface area contributed by atoms with Crippen LogP contribution in [0.25, 0.3) is 0 Å². The van der Waals surface area contributed by atoms with Crippen molar-refractivity contribution >= 4 is 17.7 Å². The van der Waals surface area contributed by atoms with E-state index in [0.717, 1.165) is 22.0 Å². The van der Waals surface area contributed by atoms with Gasteiger partial charge in [0.15, 0.2) is 5.16 Å². The number of aryl methyl sites for hydroxylation is 1. The highest BCUT2D eigenvalue weighted by molar-refractivity contribution is 7.98. The first-order chi connectivity index (χ1) is 12.5. The van der Waals surface area contributed by atoms with Gasteiger partial charge in [0.1, 0.15) is 5.75 Å². The first kappa shape index (κ1) is 18.1. The zero-order valence-corrected chi connectivity index (χ0v) is 15.6. The largest absolute Gasteiger partial charge is 0.508 e. The average molecular weight is 367 g/mol. The van der Waals surface area contributed by atoms with Crippen LogP contribution < -0.4 is 0 Å². The van der Waals surface area contributed by atoms with Crippen LogP contribution in [0.1, 0.15) is 21.5 Å². The normalized spacial score (nSPS) is 10.7. The van der Waals surface area contributed by atoms with Gasteiger partial charge in [0.05, 0.1) is 0 Å². The Hall–Kier alpha value is -2.73. The summed E-state index contributed by atoms with van der Waals surface area (Å²) in [5, 5.41) is 10.8. The van der Waals surface area contributed by atoms with Gasteiger partial charge in [-0.15, -0.1) is 0 Å². The maximum atomic E-state index is 12.7. The summed E-state index contributed by atoms with van der Waals surface area (Å²) in [7, 11) is 3.70. The number of hydrogen-bond donors (Lipinski definition) is 1. The van der Waals surface area contributed by atoms with Gasteiger partial charge >= 0.3 is 0 Å². The number of para-hydroxylation sites is 1. The van der Waals surface area contributed by atoms with Crippen molar-refractivity contribution in [3.63, 3.8) is 0 Å². The van der Waals surface area contributed by atoms with Crippen molar-refractivity contribution in [2.45, 2.75) is 17.5 Å². The zero-order chi connectivity index (χ0) is 18.5. The van der Waals surface area contributed by atoms with Crippen molar-refractivity contribution in [2.75, 3.05) is 7.05 Å². The fraction of sp³-hybridized carbons (Fsp3) is 0.200. The highest BCUT2D eigenvalue weighted by Gasteiger charge is 2.14. The molecule has 26 heavy (non-hydrogen) atoms. The smallest absolute Gasteiger partial charge is 0.253 e.